The molecule has 1 aliphatic heterocycles. The highest BCUT2D eigenvalue weighted by Crippen LogP contribution is 2.27. The first-order valence-electron chi connectivity index (χ1n) is 5.89. The summed E-state index contributed by atoms with van der Waals surface area (Å²) in [4.78, 5) is 17.2. The van der Waals surface area contributed by atoms with Crippen LogP contribution in [0.25, 0.3) is 0 Å². The van der Waals surface area contributed by atoms with Crippen molar-refractivity contribution in [1.82, 2.24) is 4.98 Å². The zero-order valence-electron chi connectivity index (χ0n) is 10.5. The number of carboxylic acids is 1. The summed E-state index contributed by atoms with van der Waals surface area (Å²) in [6.07, 6.45) is 0.606. The van der Waals surface area contributed by atoms with Crippen molar-refractivity contribution < 1.29 is 9.90 Å². The van der Waals surface area contributed by atoms with Gasteiger partial charge in [0, 0.05) is 18.8 Å². The molecule has 0 radical (unpaired) electrons. The lowest BCUT2D eigenvalue weighted by Crippen LogP contribution is -2.24. The smallest absolute Gasteiger partial charge is 0.308 e. The molecular weight excluding hydrogens is 230 g/mol. The molecule has 1 aliphatic rings. The average molecular weight is 245 g/mol. The first-order chi connectivity index (χ1) is 8.52. The molecule has 5 heteroatoms. The fourth-order valence-electron chi connectivity index (χ4n) is 2.34. The minimum Gasteiger partial charge on any atom is -0.481 e. The molecule has 5 nitrogen and oxygen atoms in total. The van der Waals surface area contributed by atoms with Crippen molar-refractivity contribution in [3.63, 3.8) is 0 Å². The maximum atomic E-state index is 11.0. The van der Waals surface area contributed by atoms with E-state index in [4.69, 9.17) is 5.11 Å². The van der Waals surface area contributed by atoms with E-state index in [9.17, 15) is 10.1 Å². The zero-order chi connectivity index (χ0) is 13.3. The van der Waals surface area contributed by atoms with E-state index in [1.807, 2.05) is 24.8 Å². The number of hydrogen-bond donors (Lipinski definition) is 1. The van der Waals surface area contributed by atoms with E-state index in [0.29, 0.717) is 30.9 Å². The Kier molecular flexibility index (Phi) is 3.19. The quantitative estimate of drug-likeness (QED) is 0.854. The number of hydrogen-bond acceptors (Lipinski definition) is 4. The van der Waals surface area contributed by atoms with Gasteiger partial charge in [-0.1, -0.05) is 0 Å². The van der Waals surface area contributed by atoms with Crippen LogP contribution in [0.2, 0.25) is 0 Å². The molecule has 2 rings (SSSR count). The van der Waals surface area contributed by atoms with Gasteiger partial charge in [0.1, 0.15) is 11.9 Å². The fourth-order valence-corrected chi connectivity index (χ4v) is 2.34. The Hall–Kier alpha value is -2.09. The van der Waals surface area contributed by atoms with Crippen LogP contribution in [0, 0.1) is 31.1 Å². The third-order valence-electron chi connectivity index (χ3n) is 3.27. The van der Waals surface area contributed by atoms with Gasteiger partial charge in [0.05, 0.1) is 11.5 Å². The highest BCUT2D eigenvalue weighted by molar-refractivity contribution is 5.72. The van der Waals surface area contributed by atoms with Gasteiger partial charge >= 0.3 is 5.97 Å². The van der Waals surface area contributed by atoms with E-state index in [1.54, 1.807) is 0 Å². The lowest BCUT2D eigenvalue weighted by molar-refractivity contribution is -0.140. The van der Waals surface area contributed by atoms with Gasteiger partial charge in [-0.3, -0.25) is 4.79 Å². The molecule has 94 valence electrons. The van der Waals surface area contributed by atoms with Gasteiger partial charge in [0.15, 0.2) is 0 Å². The number of aliphatic carboxylic acids is 1. The molecule has 18 heavy (non-hydrogen) atoms. The summed E-state index contributed by atoms with van der Waals surface area (Å²) in [6, 6.07) is 4.03. The Morgan fingerprint density at radius 1 is 1.61 bits per heavy atom. The molecule has 1 atom stereocenters. The molecule has 0 saturated carbocycles. The average Bonchev–Trinajstić information content (AvgIpc) is 2.77. The number of nitrogens with zero attached hydrogens (tertiary/aromatic N) is 3. The summed E-state index contributed by atoms with van der Waals surface area (Å²) in [5, 5.41) is 18.2. The Balaban J connectivity index is 2.35. The third kappa shape index (κ3) is 2.14. The fraction of sp³-hybridized carbons (Fsp3) is 0.462. The van der Waals surface area contributed by atoms with Crippen molar-refractivity contribution in [2.75, 3.05) is 18.0 Å². The Morgan fingerprint density at radius 3 is 2.89 bits per heavy atom. The van der Waals surface area contributed by atoms with Crippen molar-refractivity contribution in [1.29, 1.82) is 5.26 Å². The van der Waals surface area contributed by atoms with Crippen molar-refractivity contribution in [3.8, 4) is 6.07 Å². The van der Waals surface area contributed by atoms with Crippen LogP contribution in [-0.4, -0.2) is 29.1 Å². The standard InChI is InChI=1S/C13H15N3O2/c1-8-5-9(2)15-12(11(8)6-14)16-4-3-10(7-16)13(17)18/h5,10H,3-4,7H2,1-2H3,(H,17,18). The largest absolute Gasteiger partial charge is 0.481 e. The predicted octanol–water partition coefficient (Wildman–Crippen LogP) is 1.48. The van der Waals surface area contributed by atoms with Crippen LogP contribution in [0.15, 0.2) is 6.07 Å². The van der Waals surface area contributed by atoms with E-state index in [1.165, 1.54) is 0 Å². The first kappa shape index (κ1) is 12.4. The van der Waals surface area contributed by atoms with Crippen LogP contribution < -0.4 is 4.90 Å². The number of aryl methyl sites for hydroxylation is 2. The maximum absolute atomic E-state index is 11.0. The van der Waals surface area contributed by atoms with Crippen LogP contribution in [-0.2, 0) is 4.79 Å². The van der Waals surface area contributed by atoms with E-state index in [0.717, 1.165) is 11.3 Å². The van der Waals surface area contributed by atoms with E-state index in [-0.39, 0.29) is 5.92 Å². The van der Waals surface area contributed by atoms with Crippen molar-refractivity contribution in [2.45, 2.75) is 20.3 Å². The molecule has 0 spiro atoms. The second kappa shape index (κ2) is 4.65. The van der Waals surface area contributed by atoms with Crippen LogP contribution in [0.1, 0.15) is 23.2 Å². The van der Waals surface area contributed by atoms with Gasteiger partial charge in [0.2, 0.25) is 0 Å². The van der Waals surface area contributed by atoms with Gasteiger partial charge in [-0.2, -0.15) is 5.26 Å². The highest BCUT2D eigenvalue weighted by Gasteiger charge is 2.30. The second-order valence-electron chi connectivity index (χ2n) is 4.66. The predicted molar refractivity (Wildman–Crippen MR) is 66.4 cm³/mol. The van der Waals surface area contributed by atoms with Crippen LogP contribution >= 0.6 is 0 Å². The molecule has 1 aromatic rings. The monoisotopic (exact) mass is 245 g/mol. The SMILES string of the molecule is Cc1cc(C)c(C#N)c(N2CCC(C(=O)O)C2)n1. The molecule has 1 fully saturated rings. The van der Waals surface area contributed by atoms with Crippen molar-refractivity contribution in [3.05, 3.63) is 22.9 Å². The number of aromatic nitrogens is 1. The highest BCUT2D eigenvalue weighted by atomic mass is 16.4. The molecule has 0 aliphatic carbocycles. The molecule has 2 heterocycles. The molecule has 0 amide bonds. The molecule has 1 unspecified atom stereocenters. The number of nitriles is 1. The lowest BCUT2D eigenvalue weighted by Gasteiger charge is -2.19. The van der Waals surface area contributed by atoms with Crippen LogP contribution in [0.3, 0.4) is 0 Å². The number of anilines is 1. The third-order valence-corrected chi connectivity index (χ3v) is 3.27. The molecule has 0 bridgehead atoms. The molecule has 1 saturated heterocycles. The molecule has 1 aromatic heterocycles. The van der Waals surface area contributed by atoms with E-state index < -0.39 is 5.97 Å². The number of rotatable bonds is 2. The Morgan fingerprint density at radius 2 is 2.33 bits per heavy atom. The van der Waals surface area contributed by atoms with Crippen LogP contribution in [0.5, 0.6) is 0 Å². The topological polar surface area (TPSA) is 77.2 Å². The summed E-state index contributed by atoms with van der Waals surface area (Å²) < 4.78 is 0. The van der Waals surface area contributed by atoms with Gasteiger partial charge in [-0.25, -0.2) is 4.98 Å². The summed E-state index contributed by atoms with van der Waals surface area (Å²) in [7, 11) is 0. The van der Waals surface area contributed by atoms with Gasteiger partial charge < -0.3 is 10.0 Å². The van der Waals surface area contributed by atoms with Crippen molar-refractivity contribution >= 4 is 11.8 Å². The molecular formula is C13H15N3O2. The molecule has 0 aromatic carbocycles. The van der Waals surface area contributed by atoms with Crippen LogP contribution in [0.4, 0.5) is 5.82 Å². The van der Waals surface area contributed by atoms with Gasteiger partial charge in [0.25, 0.3) is 0 Å². The second-order valence-corrected chi connectivity index (χ2v) is 4.66. The summed E-state index contributed by atoms with van der Waals surface area (Å²) in [5.74, 6) is -0.515. The lowest BCUT2D eigenvalue weighted by atomic mass is 10.1. The van der Waals surface area contributed by atoms with E-state index in [2.05, 4.69) is 11.1 Å². The normalized spacial score (nSPS) is 18.7. The first-order valence-corrected chi connectivity index (χ1v) is 5.89. The minimum absolute atomic E-state index is 0.362. The number of pyridine rings is 1. The van der Waals surface area contributed by atoms with Gasteiger partial charge in [-0.05, 0) is 31.9 Å². The number of carboxylic acid groups (broad SMARTS) is 1. The molecule has 1 N–H and O–H groups in total. The minimum atomic E-state index is -0.777. The summed E-state index contributed by atoms with van der Waals surface area (Å²) >= 11 is 0. The Bertz CT molecular complexity index is 534. The number of carbonyl (C=O) groups is 1. The zero-order valence-corrected chi connectivity index (χ0v) is 10.5. The van der Waals surface area contributed by atoms with E-state index >= 15 is 0 Å². The summed E-state index contributed by atoms with van der Waals surface area (Å²) in [6.45, 7) is 4.82. The van der Waals surface area contributed by atoms with Crippen molar-refractivity contribution in [2.24, 2.45) is 5.92 Å². The maximum Gasteiger partial charge on any atom is 0.308 e. The van der Waals surface area contributed by atoms with Gasteiger partial charge in [-0.15, -0.1) is 0 Å². The summed E-state index contributed by atoms with van der Waals surface area (Å²) in [5.41, 5.74) is 2.28. The Labute approximate surface area is 106 Å².